The molecule has 0 amide bonds. The van der Waals surface area contributed by atoms with Gasteiger partial charge in [-0.05, 0) is 25.8 Å². The summed E-state index contributed by atoms with van der Waals surface area (Å²) >= 11 is 0. The van der Waals surface area contributed by atoms with Gasteiger partial charge in [-0.2, -0.15) is 0 Å². The van der Waals surface area contributed by atoms with Crippen LogP contribution in [0.15, 0.2) is 0 Å². The summed E-state index contributed by atoms with van der Waals surface area (Å²) in [5.74, 6) is -0.971. The molecule has 1 fully saturated rings. The molecular formula is C18H37NO10Si2. The number of cyclic esters (lactones) is 1. The molecule has 13 heteroatoms. The molecule has 31 heavy (non-hydrogen) atoms. The average molecular weight is 484 g/mol. The van der Waals surface area contributed by atoms with Crippen molar-refractivity contribution in [2.45, 2.75) is 44.1 Å². The molecule has 0 aliphatic carbocycles. The zero-order valence-corrected chi connectivity index (χ0v) is 21.6. The fourth-order valence-electron chi connectivity index (χ4n) is 3.64. The molecule has 1 aliphatic rings. The summed E-state index contributed by atoms with van der Waals surface area (Å²) in [4.78, 5) is 26.8. The van der Waals surface area contributed by atoms with Crippen LogP contribution in [0.3, 0.4) is 0 Å². The summed E-state index contributed by atoms with van der Waals surface area (Å²) in [5.41, 5.74) is -1.23. The number of nitrogens with zero attached hydrogens (tertiary/aromatic N) is 1. The second-order valence-electron chi connectivity index (χ2n) is 7.03. The van der Waals surface area contributed by atoms with Gasteiger partial charge < -0.3 is 36.0 Å². The van der Waals surface area contributed by atoms with E-state index in [4.69, 9.17) is 36.0 Å². The molecule has 1 rings (SSSR count). The molecule has 0 bridgehead atoms. The fourth-order valence-corrected chi connectivity index (χ4v) is 7.97. The van der Waals surface area contributed by atoms with E-state index in [0.29, 0.717) is 25.8 Å². The summed E-state index contributed by atoms with van der Waals surface area (Å²) in [6.45, 7) is 2.34. The van der Waals surface area contributed by atoms with E-state index >= 15 is 0 Å². The lowest BCUT2D eigenvalue weighted by atomic mass is 10.2. The number of hydrogen-bond acceptors (Lipinski definition) is 11. The lowest BCUT2D eigenvalue weighted by molar-refractivity contribution is -0.155. The quantitative estimate of drug-likeness (QED) is 0.270. The Morgan fingerprint density at radius 3 is 2.13 bits per heavy atom. The van der Waals surface area contributed by atoms with Crippen molar-refractivity contribution in [3.05, 3.63) is 0 Å². The van der Waals surface area contributed by atoms with Crippen molar-refractivity contribution in [1.29, 1.82) is 0 Å². The Hall–Kier alpha value is -0.906. The maximum absolute atomic E-state index is 12.6. The third-order valence-corrected chi connectivity index (χ3v) is 11.0. The van der Waals surface area contributed by atoms with Gasteiger partial charge in [-0.25, -0.2) is 0 Å². The third-order valence-electron chi connectivity index (χ3n) is 5.24. The number of rotatable bonds is 13. The predicted octanol–water partition coefficient (Wildman–Crippen LogP) is 0.541. The van der Waals surface area contributed by atoms with Crippen LogP contribution in [-0.2, 0) is 45.6 Å². The summed E-state index contributed by atoms with van der Waals surface area (Å²) < 4.78 is 44.0. The second-order valence-corrected chi connectivity index (χ2v) is 13.2. The second kappa shape index (κ2) is 13.6. The first kappa shape index (κ1) is 28.1. The van der Waals surface area contributed by atoms with Crippen LogP contribution in [0.2, 0.25) is 0 Å². The number of carbonyl (C=O) groups is 2. The molecule has 0 aromatic carbocycles. The van der Waals surface area contributed by atoms with Crippen LogP contribution in [0.25, 0.3) is 0 Å². The highest BCUT2D eigenvalue weighted by atomic mass is 28.4. The Morgan fingerprint density at radius 1 is 1.06 bits per heavy atom. The van der Waals surface area contributed by atoms with E-state index in [1.165, 1.54) is 42.7 Å². The van der Waals surface area contributed by atoms with Gasteiger partial charge in [0, 0.05) is 42.7 Å². The van der Waals surface area contributed by atoms with E-state index in [2.05, 4.69) is 0 Å². The van der Waals surface area contributed by atoms with E-state index in [1.54, 1.807) is 4.90 Å². The van der Waals surface area contributed by atoms with Crippen LogP contribution in [0.4, 0.5) is 0 Å². The maximum atomic E-state index is 12.6. The number of hydrogen-bond donors (Lipinski definition) is 0. The summed E-state index contributed by atoms with van der Waals surface area (Å²) in [7, 11) is 2.57. The summed E-state index contributed by atoms with van der Waals surface area (Å²) in [6.07, 6.45) is 2.44. The van der Waals surface area contributed by atoms with Gasteiger partial charge >= 0.3 is 29.5 Å². The van der Waals surface area contributed by atoms with Crippen molar-refractivity contribution < 1.29 is 45.6 Å². The summed E-state index contributed by atoms with van der Waals surface area (Å²) in [6, 6.07) is 0. The lowest BCUT2D eigenvalue weighted by Gasteiger charge is -2.35. The van der Waals surface area contributed by atoms with Gasteiger partial charge in [0.2, 0.25) is 0 Å². The minimum Gasteiger partial charge on any atom is -0.457 e. The molecule has 182 valence electrons. The Kier molecular flexibility index (Phi) is 12.3. The molecule has 0 aromatic heterocycles. The van der Waals surface area contributed by atoms with Crippen molar-refractivity contribution >= 4 is 29.5 Å². The average Bonchev–Trinajstić information content (AvgIpc) is 2.75. The molecule has 0 aromatic rings. The molecule has 0 N–H and O–H groups in total. The smallest absolute Gasteiger partial charge is 0.457 e. The van der Waals surface area contributed by atoms with Crippen LogP contribution in [0.1, 0.15) is 32.6 Å². The normalized spacial score (nSPS) is 20.0. The lowest BCUT2D eigenvalue weighted by Crippen LogP contribution is -2.58. The van der Waals surface area contributed by atoms with E-state index in [-0.39, 0.29) is 13.1 Å². The first-order chi connectivity index (χ1) is 14.8. The molecular weight excluding hydrogens is 446 g/mol. The van der Waals surface area contributed by atoms with Crippen molar-refractivity contribution in [1.82, 2.24) is 4.90 Å². The molecule has 0 spiro atoms. The molecule has 1 saturated heterocycles. The minimum atomic E-state index is -3.16. The van der Waals surface area contributed by atoms with Gasteiger partial charge in [-0.1, -0.05) is 13.3 Å². The molecule has 2 atom stereocenters. The SMILES string of the molecule is CCCC(OC(=O)CN1CCCC([Si](OC)(OC)OC)OC(=O)C1)[Si](OC)(OC)OC. The fraction of sp³-hybridized carbons (Fsp3) is 0.889. The minimum absolute atomic E-state index is 0.0624. The van der Waals surface area contributed by atoms with E-state index in [0.717, 1.165) is 6.42 Å². The Balaban J connectivity index is 2.77. The van der Waals surface area contributed by atoms with Crippen molar-refractivity contribution in [2.75, 3.05) is 62.3 Å². The summed E-state index contributed by atoms with van der Waals surface area (Å²) in [5, 5.41) is 0. The van der Waals surface area contributed by atoms with Crippen LogP contribution >= 0.6 is 0 Å². The standard InChI is InChI=1S/C18H37NO10Si2/c1-8-10-17(30(22-2,23-3)24-4)28-15(20)13-19-12-9-11-18(29-16(21)14-19)31(25-5,26-6)27-7/h17-18H,8-14H2,1-7H3. The van der Waals surface area contributed by atoms with Gasteiger partial charge in [0.05, 0.1) is 13.1 Å². The largest absolute Gasteiger partial charge is 0.543 e. The van der Waals surface area contributed by atoms with E-state index < -0.39 is 41.0 Å². The predicted molar refractivity (Wildman–Crippen MR) is 114 cm³/mol. The molecule has 1 heterocycles. The zero-order valence-electron chi connectivity index (χ0n) is 19.6. The monoisotopic (exact) mass is 483 g/mol. The number of ether oxygens (including phenoxy) is 2. The van der Waals surface area contributed by atoms with E-state index in [9.17, 15) is 9.59 Å². The van der Waals surface area contributed by atoms with Crippen LogP contribution < -0.4 is 0 Å². The molecule has 0 radical (unpaired) electrons. The Bertz CT molecular complexity index is 543. The highest BCUT2D eigenvalue weighted by molar-refractivity contribution is 6.62. The maximum Gasteiger partial charge on any atom is 0.543 e. The van der Waals surface area contributed by atoms with Crippen LogP contribution in [0, 0.1) is 0 Å². The topological polar surface area (TPSA) is 111 Å². The highest BCUT2D eigenvalue weighted by Gasteiger charge is 2.51. The number of esters is 2. The van der Waals surface area contributed by atoms with Crippen molar-refractivity contribution in [3.63, 3.8) is 0 Å². The van der Waals surface area contributed by atoms with Crippen LogP contribution in [0.5, 0.6) is 0 Å². The molecule has 0 saturated carbocycles. The Labute approximate surface area is 186 Å². The Morgan fingerprint density at radius 2 is 1.65 bits per heavy atom. The molecule has 1 aliphatic heterocycles. The van der Waals surface area contributed by atoms with Crippen molar-refractivity contribution in [2.24, 2.45) is 0 Å². The van der Waals surface area contributed by atoms with Gasteiger partial charge in [0.1, 0.15) is 0 Å². The van der Waals surface area contributed by atoms with Gasteiger partial charge in [-0.15, -0.1) is 0 Å². The van der Waals surface area contributed by atoms with Gasteiger partial charge in [-0.3, -0.25) is 14.5 Å². The van der Waals surface area contributed by atoms with Gasteiger partial charge in [0.25, 0.3) is 0 Å². The zero-order chi connectivity index (χ0) is 23.5. The third kappa shape index (κ3) is 7.30. The van der Waals surface area contributed by atoms with Crippen molar-refractivity contribution in [3.8, 4) is 0 Å². The highest BCUT2D eigenvalue weighted by Crippen LogP contribution is 2.23. The van der Waals surface area contributed by atoms with E-state index in [1.807, 2.05) is 6.92 Å². The van der Waals surface area contributed by atoms with Gasteiger partial charge in [0.15, 0.2) is 11.5 Å². The molecule has 11 nitrogen and oxygen atoms in total. The molecule has 2 unspecified atom stereocenters. The first-order valence-electron chi connectivity index (χ1n) is 10.2. The first-order valence-corrected chi connectivity index (χ1v) is 13.8. The number of carbonyl (C=O) groups excluding carboxylic acids is 2. The van der Waals surface area contributed by atoms with Crippen LogP contribution in [-0.4, -0.2) is 108 Å².